The maximum Gasteiger partial charge on any atom is 0.407 e. The van der Waals surface area contributed by atoms with Crippen molar-refractivity contribution in [3.8, 4) is 11.1 Å². The molecular weight excluding hydrogens is 620 g/mol. The van der Waals surface area contributed by atoms with Gasteiger partial charge in [-0.2, -0.15) is 0 Å². The Hall–Kier alpha value is -4.59. The molecule has 1 unspecified atom stereocenters. The van der Waals surface area contributed by atoms with E-state index in [0.717, 1.165) is 27.8 Å². The molecule has 12 heteroatoms. The molecule has 2 aliphatic heterocycles. The van der Waals surface area contributed by atoms with Crippen LogP contribution in [-0.4, -0.2) is 91.1 Å². The molecular formula is C36H38N2O10. The summed E-state index contributed by atoms with van der Waals surface area (Å²) in [6, 6.07) is 23.6. The lowest BCUT2D eigenvalue weighted by Crippen LogP contribution is -2.63. The van der Waals surface area contributed by atoms with E-state index in [1.165, 1.54) is 6.08 Å². The van der Waals surface area contributed by atoms with Gasteiger partial charge in [-0.25, -0.2) is 9.59 Å². The second-order valence-corrected chi connectivity index (χ2v) is 11.8. The molecule has 1 aliphatic carbocycles. The van der Waals surface area contributed by atoms with Crippen molar-refractivity contribution in [1.82, 2.24) is 10.6 Å². The minimum absolute atomic E-state index is 0.0153. The average Bonchev–Trinajstić information content (AvgIpc) is 3.44. The number of hydrogen-bond donors (Lipinski definition) is 4. The molecule has 4 N–H and O–H groups in total. The second-order valence-electron chi connectivity index (χ2n) is 11.8. The number of esters is 1. The van der Waals surface area contributed by atoms with Gasteiger partial charge in [-0.05, 0) is 22.3 Å². The Kier molecular flexibility index (Phi) is 10.5. The summed E-state index contributed by atoms with van der Waals surface area (Å²) in [7, 11) is 0. The molecule has 2 saturated heterocycles. The van der Waals surface area contributed by atoms with E-state index in [0.29, 0.717) is 0 Å². The van der Waals surface area contributed by atoms with Crippen LogP contribution in [0.15, 0.2) is 91.5 Å². The third-order valence-electron chi connectivity index (χ3n) is 8.70. The maximum atomic E-state index is 13.0. The quantitative estimate of drug-likeness (QED) is 0.178. The van der Waals surface area contributed by atoms with Crippen molar-refractivity contribution in [2.24, 2.45) is 0 Å². The number of carbonyl (C=O) groups is 3. The number of aliphatic hydroxyl groups excluding tert-OH is 2. The molecule has 0 bridgehead atoms. The van der Waals surface area contributed by atoms with Crippen LogP contribution < -0.4 is 10.6 Å². The fourth-order valence-corrected chi connectivity index (χ4v) is 6.33. The van der Waals surface area contributed by atoms with Gasteiger partial charge >= 0.3 is 12.1 Å². The molecule has 6 rings (SSSR count). The van der Waals surface area contributed by atoms with Crippen LogP contribution in [0.4, 0.5) is 4.79 Å². The number of nitrogens with one attached hydrogen (secondary N) is 2. The van der Waals surface area contributed by atoms with Crippen LogP contribution in [-0.2, 0) is 33.3 Å². The van der Waals surface area contributed by atoms with E-state index in [1.54, 1.807) is 0 Å². The molecule has 0 aromatic heterocycles. The number of fused-ring (bicyclic) bond motifs is 4. The van der Waals surface area contributed by atoms with Crippen molar-refractivity contribution in [2.75, 3.05) is 26.4 Å². The average molecular weight is 659 g/mol. The minimum Gasteiger partial charge on any atom is -0.460 e. The van der Waals surface area contributed by atoms with Crippen molar-refractivity contribution in [2.45, 2.75) is 55.2 Å². The predicted molar refractivity (Wildman–Crippen MR) is 171 cm³/mol. The van der Waals surface area contributed by atoms with Gasteiger partial charge in [-0.3, -0.25) is 4.79 Å². The highest BCUT2D eigenvalue weighted by Crippen LogP contribution is 2.44. The molecule has 48 heavy (non-hydrogen) atoms. The molecule has 7 atom stereocenters. The number of rotatable bonds is 11. The molecule has 3 aromatic carbocycles. The van der Waals surface area contributed by atoms with E-state index in [-0.39, 0.29) is 32.3 Å². The number of carbonyl (C=O) groups excluding carboxylic acids is 3. The van der Waals surface area contributed by atoms with Gasteiger partial charge in [0.1, 0.15) is 49.8 Å². The Labute approximate surface area is 277 Å². The van der Waals surface area contributed by atoms with Gasteiger partial charge < -0.3 is 44.5 Å². The lowest BCUT2D eigenvalue weighted by atomic mass is 9.94. The molecule has 252 valence electrons. The highest BCUT2D eigenvalue weighted by atomic mass is 16.7. The number of amides is 2. The summed E-state index contributed by atoms with van der Waals surface area (Å²) in [5, 5.41) is 26.7. The molecule has 0 spiro atoms. The second kappa shape index (κ2) is 15.1. The normalized spacial score (nSPS) is 25.0. The van der Waals surface area contributed by atoms with Crippen LogP contribution in [0.2, 0.25) is 0 Å². The Balaban J connectivity index is 1.03. The third kappa shape index (κ3) is 7.28. The monoisotopic (exact) mass is 658 g/mol. The van der Waals surface area contributed by atoms with Gasteiger partial charge in [0.15, 0.2) is 6.29 Å². The lowest BCUT2D eigenvalue weighted by molar-refractivity contribution is -0.327. The summed E-state index contributed by atoms with van der Waals surface area (Å²) in [5.74, 6) is -1.68. The smallest absolute Gasteiger partial charge is 0.407 e. The van der Waals surface area contributed by atoms with E-state index in [4.69, 9.17) is 23.7 Å². The predicted octanol–water partition coefficient (Wildman–Crippen LogP) is 2.73. The van der Waals surface area contributed by atoms with Gasteiger partial charge in [-0.1, -0.05) is 91.5 Å². The van der Waals surface area contributed by atoms with Crippen molar-refractivity contribution < 1.29 is 48.3 Å². The van der Waals surface area contributed by atoms with Crippen molar-refractivity contribution in [3.63, 3.8) is 0 Å². The molecule has 12 nitrogen and oxygen atoms in total. The van der Waals surface area contributed by atoms with Gasteiger partial charge in [0.2, 0.25) is 5.91 Å². The van der Waals surface area contributed by atoms with E-state index < -0.39 is 67.2 Å². The number of hydrogen-bond acceptors (Lipinski definition) is 10. The van der Waals surface area contributed by atoms with Gasteiger partial charge in [0, 0.05) is 18.0 Å². The fraction of sp³-hybridized carbons (Fsp3) is 0.361. The zero-order valence-corrected chi connectivity index (χ0v) is 26.1. The van der Waals surface area contributed by atoms with Gasteiger partial charge in [0.05, 0.1) is 13.0 Å². The molecule has 2 heterocycles. The Morgan fingerprint density at radius 3 is 2.25 bits per heavy atom. The molecule has 3 aliphatic rings. The third-order valence-corrected chi connectivity index (χ3v) is 8.70. The van der Waals surface area contributed by atoms with E-state index in [9.17, 15) is 24.6 Å². The summed E-state index contributed by atoms with van der Waals surface area (Å²) in [6.45, 7) is 3.32. The topological polar surface area (TPSA) is 162 Å². The zero-order chi connectivity index (χ0) is 33.6. The fourth-order valence-electron chi connectivity index (χ4n) is 6.33. The van der Waals surface area contributed by atoms with Crippen LogP contribution in [0, 0.1) is 0 Å². The van der Waals surface area contributed by atoms with E-state index in [1.807, 2.05) is 78.9 Å². The number of alkyl carbamates (subject to hydrolysis) is 1. The van der Waals surface area contributed by atoms with Crippen LogP contribution in [0.1, 0.15) is 35.3 Å². The number of aliphatic hydroxyl groups is 2. The van der Waals surface area contributed by atoms with Gasteiger partial charge in [-0.15, -0.1) is 0 Å². The zero-order valence-electron chi connectivity index (χ0n) is 26.1. The summed E-state index contributed by atoms with van der Waals surface area (Å²) < 4.78 is 28.3. The molecule has 2 fully saturated rings. The first-order chi connectivity index (χ1) is 23.3. The Morgan fingerprint density at radius 1 is 0.896 bits per heavy atom. The SMILES string of the molecule is C=CCOC(=O)[C@H](CC(=O)NC[C@@H]1O[C@@H]2COC(c3ccccc3)O[C@H]2[C@H](O)[C@H]1O)NC(=O)OCC1c2ccccc2-c2ccccc21. The van der Waals surface area contributed by atoms with Crippen molar-refractivity contribution >= 4 is 18.0 Å². The van der Waals surface area contributed by atoms with Gasteiger partial charge in [0.25, 0.3) is 0 Å². The first-order valence-corrected chi connectivity index (χ1v) is 15.8. The highest BCUT2D eigenvalue weighted by molar-refractivity contribution is 5.88. The van der Waals surface area contributed by atoms with Crippen LogP contribution in [0.5, 0.6) is 0 Å². The summed E-state index contributed by atoms with van der Waals surface area (Å²) in [6.07, 6.45) is -5.96. The lowest BCUT2D eigenvalue weighted by Gasteiger charge is -2.46. The van der Waals surface area contributed by atoms with Crippen LogP contribution >= 0.6 is 0 Å². The van der Waals surface area contributed by atoms with Crippen molar-refractivity contribution in [1.29, 1.82) is 0 Å². The summed E-state index contributed by atoms with van der Waals surface area (Å²) in [4.78, 5) is 38.7. The largest absolute Gasteiger partial charge is 0.460 e. The number of ether oxygens (including phenoxy) is 5. The molecule has 3 aromatic rings. The standard InChI is InChI=1S/C36H38N2O10/c1-2-16-44-34(42)27(38-36(43)46-19-26-24-14-8-6-12-22(24)23-13-7-9-15-25(23)26)17-30(39)37-18-28-31(40)32(41)33-29(47-28)20-45-35(48-33)21-10-4-3-5-11-21/h2-15,26-29,31-33,35,40-41H,1,16-20H2,(H,37,39)(H,38,43)/t27-,28-,29+,31-,32+,33+,35?/m0/s1. The summed E-state index contributed by atoms with van der Waals surface area (Å²) >= 11 is 0. The van der Waals surface area contributed by atoms with Crippen molar-refractivity contribution in [3.05, 3.63) is 108 Å². The summed E-state index contributed by atoms with van der Waals surface area (Å²) in [5.41, 5.74) is 4.96. The molecule has 0 radical (unpaired) electrons. The minimum atomic E-state index is -1.38. The molecule has 2 amide bonds. The van der Waals surface area contributed by atoms with Crippen LogP contribution in [0.3, 0.4) is 0 Å². The molecule has 0 saturated carbocycles. The van der Waals surface area contributed by atoms with E-state index >= 15 is 0 Å². The first-order valence-electron chi connectivity index (χ1n) is 15.8. The number of benzene rings is 3. The van der Waals surface area contributed by atoms with E-state index in [2.05, 4.69) is 17.2 Å². The highest BCUT2D eigenvalue weighted by Gasteiger charge is 2.48. The Morgan fingerprint density at radius 2 is 1.56 bits per heavy atom. The first kappa shape index (κ1) is 33.3. The maximum absolute atomic E-state index is 13.0. The van der Waals surface area contributed by atoms with Crippen LogP contribution in [0.25, 0.3) is 11.1 Å². The Bertz CT molecular complexity index is 1570.